The lowest BCUT2D eigenvalue weighted by Gasteiger charge is -2.28. The number of anilines is 1. The van der Waals surface area contributed by atoms with Gasteiger partial charge in [0.05, 0.1) is 17.9 Å². The number of furan rings is 1. The van der Waals surface area contributed by atoms with E-state index in [1.807, 2.05) is 31.2 Å². The number of ether oxygens (including phenoxy) is 2. The van der Waals surface area contributed by atoms with Gasteiger partial charge in [0.2, 0.25) is 5.78 Å². The molecular weight excluding hydrogens is 410 g/mol. The number of carbonyl (C=O) groups excluding carboxylic acids is 2. The first-order valence-electron chi connectivity index (χ1n) is 10.4. The van der Waals surface area contributed by atoms with E-state index in [1.54, 1.807) is 24.3 Å². The average Bonchev–Trinajstić information content (AvgIpc) is 3.46. The molecule has 1 N–H and O–H groups in total. The zero-order valence-electron chi connectivity index (χ0n) is 17.4. The summed E-state index contributed by atoms with van der Waals surface area (Å²) >= 11 is 0. The molecule has 1 atom stereocenters. The van der Waals surface area contributed by atoms with E-state index in [0.29, 0.717) is 36.0 Å². The van der Waals surface area contributed by atoms with Crippen LogP contribution in [0.1, 0.15) is 34.6 Å². The normalized spacial score (nSPS) is 17.7. The van der Waals surface area contributed by atoms with Gasteiger partial charge in [0.1, 0.15) is 13.2 Å². The Morgan fingerprint density at radius 2 is 1.81 bits per heavy atom. The molecule has 0 fully saturated rings. The van der Waals surface area contributed by atoms with Gasteiger partial charge in [-0.15, -0.1) is 0 Å². The van der Waals surface area contributed by atoms with Crippen molar-refractivity contribution < 1.29 is 28.6 Å². The van der Waals surface area contributed by atoms with Crippen molar-refractivity contribution in [1.82, 2.24) is 0 Å². The summed E-state index contributed by atoms with van der Waals surface area (Å²) in [5.41, 5.74) is 2.28. The number of aliphatic hydroxyl groups excluding tert-OH is 1. The van der Waals surface area contributed by atoms with Crippen molar-refractivity contribution in [2.45, 2.75) is 19.4 Å². The van der Waals surface area contributed by atoms with Crippen molar-refractivity contribution in [1.29, 1.82) is 0 Å². The second kappa shape index (κ2) is 7.92. The Bertz CT molecular complexity index is 1210. The van der Waals surface area contributed by atoms with Crippen LogP contribution in [0.3, 0.4) is 0 Å². The van der Waals surface area contributed by atoms with Gasteiger partial charge in [-0.25, -0.2) is 0 Å². The number of aliphatic hydroxyl groups is 1. The van der Waals surface area contributed by atoms with E-state index in [9.17, 15) is 14.7 Å². The van der Waals surface area contributed by atoms with Crippen LogP contribution in [0, 0.1) is 0 Å². The third-order valence-corrected chi connectivity index (χ3v) is 5.71. The standard InChI is InChI=1S/C25H21NO6/c1-2-15-5-7-16(8-6-15)22-21(23(27)19-4-3-11-30-19)24(28)25(29)26(22)17-9-10-18-20(14-17)32-13-12-31-18/h3-11,14,22,28H,2,12-13H2,1H3. The van der Waals surface area contributed by atoms with Gasteiger partial charge in [-0.3, -0.25) is 14.5 Å². The van der Waals surface area contributed by atoms with Crippen LogP contribution in [0.2, 0.25) is 0 Å². The lowest BCUT2D eigenvalue weighted by molar-refractivity contribution is -0.117. The molecule has 0 saturated carbocycles. The van der Waals surface area contributed by atoms with E-state index in [4.69, 9.17) is 13.9 Å². The lowest BCUT2D eigenvalue weighted by Crippen LogP contribution is -2.31. The quantitative estimate of drug-likeness (QED) is 0.603. The van der Waals surface area contributed by atoms with Crippen molar-refractivity contribution in [3.8, 4) is 11.5 Å². The Morgan fingerprint density at radius 1 is 1.06 bits per heavy atom. The Kier molecular flexibility index (Phi) is 4.93. The lowest BCUT2D eigenvalue weighted by atomic mass is 9.94. The number of fused-ring (bicyclic) bond motifs is 1. The monoisotopic (exact) mass is 431 g/mol. The molecule has 1 unspecified atom stereocenters. The summed E-state index contributed by atoms with van der Waals surface area (Å²) < 4.78 is 16.5. The highest BCUT2D eigenvalue weighted by Crippen LogP contribution is 2.44. The molecule has 7 nitrogen and oxygen atoms in total. The number of aryl methyl sites for hydroxylation is 1. The number of rotatable bonds is 5. The second-order valence-corrected chi connectivity index (χ2v) is 7.57. The fourth-order valence-electron chi connectivity index (χ4n) is 4.08. The van der Waals surface area contributed by atoms with Crippen molar-refractivity contribution in [2.75, 3.05) is 18.1 Å². The van der Waals surface area contributed by atoms with E-state index in [2.05, 4.69) is 0 Å². The minimum Gasteiger partial charge on any atom is -0.503 e. The van der Waals surface area contributed by atoms with Gasteiger partial charge in [-0.05, 0) is 41.8 Å². The van der Waals surface area contributed by atoms with Crippen LogP contribution in [-0.4, -0.2) is 30.0 Å². The molecule has 0 spiro atoms. The van der Waals surface area contributed by atoms with Crippen LogP contribution < -0.4 is 14.4 Å². The van der Waals surface area contributed by atoms with Gasteiger partial charge in [0, 0.05) is 11.8 Å². The van der Waals surface area contributed by atoms with Gasteiger partial charge in [0.25, 0.3) is 5.91 Å². The van der Waals surface area contributed by atoms with Crippen LogP contribution >= 0.6 is 0 Å². The van der Waals surface area contributed by atoms with Gasteiger partial charge in [-0.1, -0.05) is 31.2 Å². The van der Waals surface area contributed by atoms with Crippen molar-refractivity contribution >= 4 is 17.4 Å². The highest BCUT2D eigenvalue weighted by Gasteiger charge is 2.45. The van der Waals surface area contributed by atoms with Gasteiger partial charge in [-0.2, -0.15) is 0 Å². The summed E-state index contributed by atoms with van der Waals surface area (Å²) in [6.07, 6.45) is 2.24. The van der Waals surface area contributed by atoms with Gasteiger partial charge >= 0.3 is 0 Å². The molecule has 2 aromatic carbocycles. The molecular formula is C25H21NO6. The molecule has 162 valence electrons. The number of nitrogens with zero attached hydrogens (tertiary/aromatic N) is 1. The summed E-state index contributed by atoms with van der Waals surface area (Å²) in [6.45, 7) is 2.90. The van der Waals surface area contributed by atoms with Crippen LogP contribution in [0.25, 0.3) is 0 Å². The van der Waals surface area contributed by atoms with E-state index in [1.165, 1.54) is 17.2 Å². The number of carbonyl (C=O) groups is 2. The zero-order chi connectivity index (χ0) is 22.2. The minimum atomic E-state index is -0.825. The third-order valence-electron chi connectivity index (χ3n) is 5.71. The first kappa shape index (κ1) is 19.9. The molecule has 2 aliphatic rings. The number of hydrogen-bond donors (Lipinski definition) is 1. The maximum atomic E-state index is 13.2. The summed E-state index contributed by atoms with van der Waals surface area (Å²) in [7, 11) is 0. The number of amides is 1. The number of hydrogen-bond acceptors (Lipinski definition) is 6. The molecule has 2 aliphatic heterocycles. The van der Waals surface area contributed by atoms with E-state index in [0.717, 1.165) is 12.0 Å². The average molecular weight is 431 g/mol. The smallest absolute Gasteiger partial charge is 0.294 e. The Hall–Kier alpha value is -4.00. The summed E-state index contributed by atoms with van der Waals surface area (Å²) in [6, 6.07) is 15.0. The van der Waals surface area contributed by atoms with E-state index >= 15 is 0 Å². The Morgan fingerprint density at radius 3 is 2.50 bits per heavy atom. The van der Waals surface area contributed by atoms with Crippen LogP contribution in [0.15, 0.2) is 76.6 Å². The first-order valence-corrected chi connectivity index (χ1v) is 10.4. The van der Waals surface area contributed by atoms with Crippen molar-refractivity contribution in [3.63, 3.8) is 0 Å². The number of ketones is 1. The summed E-state index contributed by atoms with van der Waals surface area (Å²) in [4.78, 5) is 27.9. The topological polar surface area (TPSA) is 89.2 Å². The molecule has 0 aliphatic carbocycles. The van der Waals surface area contributed by atoms with Gasteiger partial charge in [0.15, 0.2) is 23.0 Å². The molecule has 5 rings (SSSR count). The fraction of sp³-hybridized carbons (Fsp3) is 0.200. The zero-order valence-corrected chi connectivity index (χ0v) is 17.4. The largest absolute Gasteiger partial charge is 0.503 e. The molecule has 7 heteroatoms. The number of Topliss-reactive ketones (excluding diaryl/α,β-unsaturated/α-hetero) is 1. The highest BCUT2D eigenvalue weighted by molar-refractivity contribution is 6.20. The van der Waals surface area contributed by atoms with E-state index in [-0.39, 0.29) is 11.3 Å². The van der Waals surface area contributed by atoms with Crippen molar-refractivity contribution in [2.24, 2.45) is 0 Å². The second-order valence-electron chi connectivity index (χ2n) is 7.57. The molecule has 0 bridgehead atoms. The Labute approximate surface area is 184 Å². The van der Waals surface area contributed by atoms with E-state index < -0.39 is 23.5 Å². The van der Waals surface area contributed by atoms with Crippen LogP contribution in [-0.2, 0) is 11.2 Å². The summed E-state index contributed by atoms with van der Waals surface area (Å²) in [5, 5.41) is 10.8. The first-order chi connectivity index (χ1) is 15.6. The maximum absolute atomic E-state index is 13.2. The molecule has 32 heavy (non-hydrogen) atoms. The SMILES string of the molecule is CCc1ccc(C2C(C(=O)c3ccco3)=C(O)C(=O)N2c2ccc3c(c2)OCCO3)cc1. The molecule has 1 amide bonds. The highest BCUT2D eigenvalue weighted by atomic mass is 16.6. The predicted octanol–water partition coefficient (Wildman–Crippen LogP) is 4.40. The molecule has 3 aromatic rings. The minimum absolute atomic E-state index is 0.0240. The molecule has 0 radical (unpaired) electrons. The van der Waals surface area contributed by atoms with Crippen molar-refractivity contribution in [3.05, 3.63) is 89.1 Å². The van der Waals surface area contributed by atoms with Crippen LogP contribution in [0.4, 0.5) is 5.69 Å². The molecule has 1 aromatic heterocycles. The van der Waals surface area contributed by atoms with Gasteiger partial charge < -0.3 is 19.0 Å². The Balaban J connectivity index is 1.64. The fourth-order valence-corrected chi connectivity index (χ4v) is 4.08. The molecule has 3 heterocycles. The maximum Gasteiger partial charge on any atom is 0.294 e. The number of benzene rings is 2. The third kappa shape index (κ3) is 3.22. The molecule has 0 saturated heterocycles. The summed E-state index contributed by atoms with van der Waals surface area (Å²) in [5.74, 6) is -0.650. The predicted molar refractivity (Wildman–Crippen MR) is 116 cm³/mol. The van der Waals surface area contributed by atoms with Crippen LogP contribution in [0.5, 0.6) is 11.5 Å².